The standard InChI is InChI=1S/C15H11ClN2/c16-12-7-5-11(6-8-12)15(13-3-1-9-17-13)14-4-2-10-18-14/h1-10,17H/b15-14-. The minimum absolute atomic E-state index is 0.736. The highest BCUT2D eigenvalue weighted by Gasteiger charge is 2.11. The van der Waals surface area contributed by atoms with Gasteiger partial charge in [-0.15, -0.1) is 0 Å². The van der Waals surface area contributed by atoms with Crippen molar-refractivity contribution >= 4 is 23.4 Å². The molecule has 1 aliphatic rings. The number of nitrogens with zero attached hydrogens (tertiary/aromatic N) is 1. The monoisotopic (exact) mass is 254 g/mol. The number of H-pyrrole nitrogens is 1. The van der Waals surface area contributed by atoms with E-state index in [0.29, 0.717) is 0 Å². The van der Waals surface area contributed by atoms with Crippen LogP contribution in [0.5, 0.6) is 0 Å². The molecule has 1 N–H and O–H groups in total. The second-order valence-corrected chi connectivity index (χ2v) is 4.42. The number of allylic oxidation sites excluding steroid dienone is 2. The Morgan fingerprint density at radius 1 is 1.11 bits per heavy atom. The van der Waals surface area contributed by atoms with Crippen LogP contribution in [0, 0.1) is 0 Å². The average molecular weight is 255 g/mol. The van der Waals surface area contributed by atoms with Gasteiger partial charge in [0.1, 0.15) is 0 Å². The molecule has 0 atom stereocenters. The molecule has 3 heteroatoms. The van der Waals surface area contributed by atoms with Crippen molar-refractivity contribution in [3.63, 3.8) is 0 Å². The fraction of sp³-hybridized carbons (Fsp3) is 0. The Morgan fingerprint density at radius 3 is 2.56 bits per heavy atom. The number of rotatable bonds is 2. The molecule has 2 aromatic rings. The predicted octanol–water partition coefficient (Wildman–Crippen LogP) is 4.07. The number of halogens is 1. The highest BCUT2D eigenvalue weighted by Crippen LogP contribution is 2.29. The molecule has 1 aromatic carbocycles. The van der Waals surface area contributed by atoms with Gasteiger partial charge in [0.2, 0.25) is 0 Å². The number of nitrogens with one attached hydrogen (secondary N) is 1. The van der Waals surface area contributed by atoms with Gasteiger partial charge in [-0.1, -0.05) is 23.7 Å². The molecular formula is C15H11ClN2. The van der Waals surface area contributed by atoms with Crippen LogP contribution >= 0.6 is 11.6 Å². The number of aromatic nitrogens is 1. The Labute approximate surface area is 110 Å². The zero-order valence-corrected chi connectivity index (χ0v) is 10.4. The molecule has 0 saturated heterocycles. The lowest BCUT2D eigenvalue weighted by molar-refractivity contribution is 1.32. The van der Waals surface area contributed by atoms with Gasteiger partial charge in [0, 0.05) is 28.7 Å². The summed E-state index contributed by atoms with van der Waals surface area (Å²) in [6.07, 6.45) is 7.65. The molecule has 3 rings (SSSR count). The molecule has 0 radical (unpaired) electrons. The van der Waals surface area contributed by atoms with Crippen LogP contribution in [0.1, 0.15) is 11.3 Å². The molecule has 0 aliphatic carbocycles. The maximum atomic E-state index is 5.93. The lowest BCUT2D eigenvalue weighted by Crippen LogP contribution is -1.91. The predicted molar refractivity (Wildman–Crippen MR) is 75.9 cm³/mol. The smallest absolute Gasteiger partial charge is 0.0729 e. The quantitative estimate of drug-likeness (QED) is 0.837. The molecule has 0 bridgehead atoms. The van der Waals surface area contributed by atoms with E-state index >= 15 is 0 Å². The fourth-order valence-corrected chi connectivity index (χ4v) is 2.12. The van der Waals surface area contributed by atoms with E-state index in [1.807, 2.05) is 54.7 Å². The van der Waals surface area contributed by atoms with Crippen LogP contribution in [0.4, 0.5) is 0 Å². The fourth-order valence-electron chi connectivity index (χ4n) is 1.99. The van der Waals surface area contributed by atoms with Crippen LogP contribution in [-0.4, -0.2) is 11.2 Å². The summed E-state index contributed by atoms with van der Waals surface area (Å²) in [5.74, 6) is 0. The van der Waals surface area contributed by atoms with Crippen LogP contribution in [0.15, 0.2) is 65.4 Å². The van der Waals surface area contributed by atoms with Gasteiger partial charge < -0.3 is 4.98 Å². The maximum absolute atomic E-state index is 5.93. The number of aromatic amines is 1. The molecule has 0 unspecified atom stereocenters. The molecule has 2 heterocycles. The van der Waals surface area contributed by atoms with Gasteiger partial charge in [-0.05, 0) is 42.0 Å². The first-order chi connectivity index (χ1) is 8.84. The number of hydrogen-bond donors (Lipinski definition) is 1. The van der Waals surface area contributed by atoms with E-state index in [-0.39, 0.29) is 0 Å². The van der Waals surface area contributed by atoms with E-state index in [1.54, 1.807) is 6.21 Å². The van der Waals surface area contributed by atoms with Crippen LogP contribution in [0.25, 0.3) is 5.57 Å². The first kappa shape index (κ1) is 11.1. The third-order valence-electron chi connectivity index (χ3n) is 2.81. The Morgan fingerprint density at radius 2 is 1.94 bits per heavy atom. The van der Waals surface area contributed by atoms with Crippen LogP contribution < -0.4 is 0 Å². The van der Waals surface area contributed by atoms with Crippen molar-refractivity contribution in [2.24, 2.45) is 4.99 Å². The zero-order valence-electron chi connectivity index (χ0n) is 9.60. The Bertz CT molecular complexity index is 618. The second kappa shape index (κ2) is 4.67. The minimum Gasteiger partial charge on any atom is -0.361 e. The van der Waals surface area contributed by atoms with E-state index in [9.17, 15) is 0 Å². The topological polar surface area (TPSA) is 28.1 Å². The minimum atomic E-state index is 0.736. The van der Waals surface area contributed by atoms with Crippen LogP contribution in [0.2, 0.25) is 5.02 Å². The van der Waals surface area contributed by atoms with Gasteiger partial charge in [0.15, 0.2) is 0 Å². The normalized spacial score (nSPS) is 16.3. The summed E-state index contributed by atoms with van der Waals surface area (Å²) in [5.41, 5.74) is 4.19. The lowest BCUT2D eigenvalue weighted by Gasteiger charge is -2.08. The zero-order chi connectivity index (χ0) is 12.4. The van der Waals surface area contributed by atoms with Crippen molar-refractivity contribution in [1.82, 2.24) is 4.98 Å². The van der Waals surface area contributed by atoms with Crippen molar-refractivity contribution < 1.29 is 0 Å². The molecule has 0 spiro atoms. The molecule has 88 valence electrons. The summed E-state index contributed by atoms with van der Waals surface area (Å²) in [4.78, 5) is 7.61. The Hall–Kier alpha value is -2.06. The van der Waals surface area contributed by atoms with Crippen molar-refractivity contribution in [2.75, 3.05) is 0 Å². The van der Waals surface area contributed by atoms with Gasteiger partial charge in [0.05, 0.1) is 5.70 Å². The summed E-state index contributed by atoms with van der Waals surface area (Å²) in [5, 5.41) is 0.736. The van der Waals surface area contributed by atoms with Crippen molar-refractivity contribution in [3.8, 4) is 0 Å². The Kier molecular flexibility index (Phi) is 2.87. The van der Waals surface area contributed by atoms with Crippen LogP contribution in [-0.2, 0) is 0 Å². The molecule has 0 saturated carbocycles. The van der Waals surface area contributed by atoms with E-state index in [0.717, 1.165) is 27.6 Å². The molecule has 0 fully saturated rings. The third kappa shape index (κ3) is 2.03. The molecule has 18 heavy (non-hydrogen) atoms. The van der Waals surface area contributed by atoms with Crippen molar-refractivity contribution in [2.45, 2.75) is 0 Å². The molecule has 2 nitrogen and oxygen atoms in total. The first-order valence-electron chi connectivity index (χ1n) is 5.69. The number of hydrogen-bond acceptors (Lipinski definition) is 1. The lowest BCUT2D eigenvalue weighted by atomic mass is 10.0. The summed E-state index contributed by atoms with van der Waals surface area (Å²) in [6, 6.07) is 11.8. The van der Waals surface area contributed by atoms with Gasteiger partial charge in [-0.2, -0.15) is 0 Å². The number of benzene rings is 1. The Balaban J connectivity index is 2.18. The summed E-state index contributed by atoms with van der Waals surface area (Å²) in [7, 11) is 0. The third-order valence-corrected chi connectivity index (χ3v) is 3.06. The summed E-state index contributed by atoms with van der Waals surface area (Å²) in [6.45, 7) is 0. The second-order valence-electron chi connectivity index (χ2n) is 3.99. The van der Waals surface area contributed by atoms with E-state index in [2.05, 4.69) is 9.98 Å². The van der Waals surface area contributed by atoms with Crippen LogP contribution in [0.3, 0.4) is 0 Å². The highest BCUT2D eigenvalue weighted by atomic mass is 35.5. The SMILES string of the molecule is Clc1ccc(/C(=C2\C=CC=N2)c2ccc[nH]2)cc1. The average Bonchev–Trinajstić information content (AvgIpc) is 3.06. The summed E-state index contributed by atoms with van der Waals surface area (Å²) < 4.78 is 0. The van der Waals surface area contributed by atoms with E-state index < -0.39 is 0 Å². The van der Waals surface area contributed by atoms with Gasteiger partial charge in [-0.3, -0.25) is 4.99 Å². The van der Waals surface area contributed by atoms with Gasteiger partial charge in [-0.25, -0.2) is 0 Å². The molecule has 1 aromatic heterocycles. The first-order valence-corrected chi connectivity index (χ1v) is 6.07. The molecular weight excluding hydrogens is 244 g/mol. The van der Waals surface area contributed by atoms with E-state index in [1.165, 1.54) is 0 Å². The van der Waals surface area contributed by atoms with Gasteiger partial charge in [0.25, 0.3) is 0 Å². The largest absolute Gasteiger partial charge is 0.361 e. The van der Waals surface area contributed by atoms with E-state index in [4.69, 9.17) is 11.6 Å². The van der Waals surface area contributed by atoms with Crippen molar-refractivity contribution in [3.05, 3.63) is 76.7 Å². The highest BCUT2D eigenvalue weighted by molar-refractivity contribution is 6.30. The van der Waals surface area contributed by atoms with Gasteiger partial charge >= 0.3 is 0 Å². The summed E-state index contributed by atoms with van der Waals surface area (Å²) >= 11 is 5.93. The van der Waals surface area contributed by atoms with Crippen molar-refractivity contribution in [1.29, 1.82) is 0 Å². The maximum Gasteiger partial charge on any atom is 0.0729 e. The number of aliphatic imine (C=N–C) groups is 1. The molecule has 1 aliphatic heterocycles. The molecule has 0 amide bonds.